The van der Waals surface area contributed by atoms with E-state index in [2.05, 4.69) is 30.7 Å². The van der Waals surface area contributed by atoms with E-state index in [1.807, 2.05) is 0 Å². The Balaban J connectivity index is 2.10. The molecular weight excluding hydrogens is 202 g/mol. The molecule has 4 N–H and O–H groups in total. The summed E-state index contributed by atoms with van der Waals surface area (Å²) in [5.41, 5.74) is 5.23. The fourth-order valence-corrected chi connectivity index (χ4v) is 0.880. The van der Waals surface area contributed by atoms with Gasteiger partial charge >= 0.3 is 6.01 Å². The predicted octanol–water partition coefficient (Wildman–Crippen LogP) is -0.669. The Morgan fingerprint density at radius 1 is 1.53 bits per heavy atom. The van der Waals surface area contributed by atoms with Gasteiger partial charge in [-0.05, 0) is 0 Å². The number of hydrogen-bond donors (Lipinski definition) is 3. The number of anilines is 2. The van der Waals surface area contributed by atoms with Gasteiger partial charge in [-0.3, -0.25) is 15.2 Å². The molecule has 0 saturated heterocycles. The molecule has 1 amide bonds. The third-order valence-electron chi connectivity index (χ3n) is 1.46. The van der Waals surface area contributed by atoms with Crippen molar-refractivity contribution >= 4 is 17.9 Å². The first-order chi connectivity index (χ1) is 7.15. The van der Waals surface area contributed by atoms with Crippen molar-refractivity contribution in [1.29, 1.82) is 0 Å². The van der Waals surface area contributed by atoms with Gasteiger partial charge in [-0.1, -0.05) is 5.10 Å². The summed E-state index contributed by atoms with van der Waals surface area (Å²) >= 11 is 0. The lowest BCUT2D eigenvalue weighted by Crippen LogP contribution is -2.14. The average molecular weight is 209 g/mol. The molecule has 15 heavy (non-hydrogen) atoms. The van der Waals surface area contributed by atoms with E-state index in [4.69, 9.17) is 10.2 Å². The first-order valence-corrected chi connectivity index (χ1v) is 3.94. The zero-order valence-corrected chi connectivity index (χ0v) is 7.68. The standard InChI is InChI=1S/C6H7N7O2/c1-2-10-13-6(15-2)9-4(14)3-8-5(7)12-11-3/h1H3,(H,9,13,14)(H3,7,8,11,12). The summed E-state index contributed by atoms with van der Waals surface area (Å²) in [6.45, 7) is 1.61. The number of nitrogens with two attached hydrogens (primary N) is 1. The van der Waals surface area contributed by atoms with Crippen molar-refractivity contribution in [3.63, 3.8) is 0 Å². The van der Waals surface area contributed by atoms with Gasteiger partial charge in [0.1, 0.15) is 0 Å². The number of hydrogen-bond acceptors (Lipinski definition) is 7. The molecule has 0 radical (unpaired) electrons. The number of rotatable bonds is 2. The first-order valence-electron chi connectivity index (χ1n) is 3.94. The number of H-pyrrole nitrogens is 1. The van der Waals surface area contributed by atoms with E-state index in [0.717, 1.165) is 0 Å². The molecule has 2 rings (SSSR count). The third-order valence-corrected chi connectivity index (χ3v) is 1.46. The largest absolute Gasteiger partial charge is 0.408 e. The Hall–Kier alpha value is -2.45. The van der Waals surface area contributed by atoms with Crippen LogP contribution in [-0.2, 0) is 0 Å². The SMILES string of the molecule is Cc1nnc(NC(=O)c2nc(N)n[nH]2)o1. The number of nitrogens with one attached hydrogen (secondary N) is 2. The highest BCUT2D eigenvalue weighted by Crippen LogP contribution is 2.05. The summed E-state index contributed by atoms with van der Waals surface area (Å²) in [4.78, 5) is 15.0. The second kappa shape index (κ2) is 3.36. The van der Waals surface area contributed by atoms with Gasteiger partial charge in [-0.2, -0.15) is 4.98 Å². The lowest BCUT2D eigenvalue weighted by atomic mass is 10.6. The maximum Gasteiger partial charge on any atom is 0.322 e. The summed E-state index contributed by atoms with van der Waals surface area (Å²) in [5, 5.41) is 15.3. The highest BCUT2D eigenvalue weighted by molar-refractivity contribution is 6.00. The predicted molar refractivity (Wildman–Crippen MR) is 47.8 cm³/mol. The van der Waals surface area contributed by atoms with E-state index in [0.29, 0.717) is 5.89 Å². The van der Waals surface area contributed by atoms with E-state index < -0.39 is 5.91 Å². The molecule has 2 heterocycles. The lowest BCUT2D eigenvalue weighted by Gasteiger charge is -1.93. The Bertz CT molecular complexity index is 487. The molecule has 0 saturated carbocycles. The van der Waals surface area contributed by atoms with Gasteiger partial charge in [0.25, 0.3) is 5.91 Å². The molecule has 9 nitrogen and oxygen atoms in total. The van der Waals surface area contributed by atoms with Crippen LogP contribution in [-0.4, -0.2) is 31.3 Å². The molecule has 0 spiro atoms. The minimum atomic E-state index is -0.553. The van der Waals surface area contributed by atoms with Gasteiger partial charge in [0, 0.05) is 6.92 Å². The lowest BCUT2D eigenvalue weighted by molar-refractivity contribution is 0.101. The molecule has 2 aromatic rings. The van der Waals surface area contributed by atoms with Crippen LogP contribution in [0.3, 0.4) is 0 Å². The number of aryl methyl sites for hydroxylation is 1. The van der Waals surface area contributed by atoms with Crippen molar-refractivity contribution < 1.29 is 9.21 Å². The van der Waals surface area contributed by atoms with Crippen molar-refractivity contribution in [1.82, 2.24) is 25.4 Å². The Morgan fingerprint density at radius 2 is 2.33 bits per heavy atom. The van der Waals surface area contributed by atoms with Gasteiger partial charge in [0.2, 0.25) is 17.7 Å². The summed E-state index contributed by atoms with van der Waals surface area (Å²) < 4.78 is 4.93. The van der Waals surface area contributed by atoms with E-state index in [-0.39, 0.29) is 17.8 Å². The van der Waals surface area contributed by atoms with E-state index in [9.17, 15) is 4.79 Å². The molecule has 0 aliphatic rings. The molecule has 0 bridgehead atoms. The number of amides is 1. The first kappa shape index (κ1) is 9.12. The Morgan fingerprint density at radius 3 is 2.87 bits per heavy atom. The quantitative estimate of drug-likeness (QED) is 0.596. The average Bonchev–Trinajstić information content (AvgIpc) is 2.75. The molecule has 2 aromatic heterocycles. The van der Waals surface area contributed by atoms with Gasteiger partial charge in [-0.15, -0.1) is 10.2 Å². The number of aromatic nitrogens is 5. The Labute approximate surface area is 83.1 Å². The zero-order valence-electron chi connectivity index (χ0n) is 7.68. The van der Waals surface area contributed by atoms with E-state index in [1.165, 1.54) is 0 Å². The maximum atomic E-state index is 11.4. The van der Waals surface area contributed by atoms with Crippen molar-refractivity contribution in [2.45, 2.75) is 6.92 Å². The summed E-state index contributed by atoms with van der Waals surface area (Å²) in [5.74, 6) is -0.240. The van der Waals surface area contributed by atoms with Crippen LogP contribution in [0.5, 0.6) is 0 Å². The van der Waals surface area contributed by atoms with Crippen molar-refractivity contribution in [2.24, 2.45) is 0 Å². The number of nitrogen functional groups attached to an aromatic ring is 1. The van der Waals surface area contributed by atoms with Gasteiger partial charge in [0.15, 0.2) is 0 Å². The van der Waals surface area contributed by atoms with E-state index in [1.54, 1.807) is 6.92 Å². The number of nitrogens with zero attached hydrogens (tertiary/aromatic N) is 4. The number of carbonyl (C=O) groups is 1. The zero-order chi connectivity index (χ0) is 10.8. The molecule has 0 aromatic carbocycles. The van der Waals surface area contributed by atoms with Crippen LogP contribution in [0.1, 0.15) is 16.5 Å². The number of aromatic amines is 1. The Kier molecular flexibility index (Phi) is 2.04. The van der Waals surface area contributed by atoms with E-state index >= 15 is 0 Å². The topological polar surface area (TPSA) is 136 Å². The van der Waals surface area contributed by atoms with Gasteiger partial charge < -0.3 is 10.2 Å². The van der Waals surface area contributed by atoms with Crippen molar-refractivity contribution in [3.05, 3.63) is 11.7 Å². The summed E-state index contributed by atoms with van der Waals surface area (Å²) in [6.07, 6.45) is 0. The van der Waals surface area contributed by atoms with Crippen molar-refractivity contribution in [3.8, 4) is 0 Å². The second-order valence-corrected chi connectivity index (χ2v) is 2.62. The third kappa shape index (κ3) is 1.90. The van der Waals surface area contributed by atoms with Crippen LogP contribution in [0.4, 0.5) is 12.0 Å². The smallest absolute Gasteiger partial charge is 0.322 e. The highest BCUT2D eigenvalue weighted by Gasteiger charge is 2.13. The minimum Gasteiger partial charge on any atom is -0.408 e. The van der Waals surface area contributed by atoms with Crippen LogP contribution in [0.2, 0.25) is 0 Å². The number of carbonyl (C=O) groups excluding carboxylic acids is 1. The molecular formula is C6H7N7O2. The van der Waals surface area contributed by atoms with Crippen LogP contribution in [0.25, 0.3) is 0 Å². The van der Waals surface area contributed by atoms with Crippen LogP contribution in [0, 0.1) is 6.92 Å². The fourth-order valence-electron chi connectivity index (χ4n) is 0.880. The molecule has 0 unspecified atom stereocenters. The second-order valence-electron chi connectivity index (χ2n) is 2.62. The van der Waals surface area contributed by atoms with Crippen LogP contribution < -0.4 is 11.1 Å². The summed E-state index contributed by atoms with van der Waals surface area (Å²) in [6, 6.07) is -0.00697. The molecule has 0 atom stereocenters. The van der Waals surface area contributed by atoms with Crippen molar-refractivity contribution in [2.75, 3.05) is 11.1 Å². The maximum absolute atomic E-state index is 11.4. The van der Waals surface area contributed by atoms with Gasteiger partial charge in [-0.25, -0.2) is 0 Å². The summed E-state index contributed by atoms with van der Waals surface area (Å²) in [7, 11) is 0. The molecule has 9 heteroatoms. The minimum absolute atomic E-state index is 0.00697. The molecule has 0 aliphatic carbocycles. The fraction of sp³-hybridized carbons (Fsp3) is 0.167. The molecule has 0 fully saturated rings. The molecule has 0 aliphatic heterocycles. The normalized spacial score (nSPS) is 10.2. The van der Waals surface area contributed by atoms with Gasteiger partial charge in [0.05, 0.1) is 0 Å². The van der Waals surface area contributed by atoms with Crippen LogP contribution >= 0.6 is 0 Å². The highest BCUT2D eigenvalue weighted by atomic mass is 16.4. The van der Waals surface area contributed by atoms with Crippen LogP contribution in [0.15, 0.2) is 4.42 Å². The molecule has 78 valence electrons. The monoisotopic (exact) mass is 209 g/mol.